The number of nitrogens with one attached hydrogen (secondary N) is 2. The van der Waals surface area contributed by atoms with Gasteiger partial charge >= 0.3 is 0 Å². The molecule has 8 heteroatoms. The normalized spacial score (nSPS) is 16.6. The van der Waals surface area contributed by atoms with Gasteiger partial charge in [-0.15, -0.1) is 0 Å². The maximum atomic E-state index is 12.3. The van der Waals surface area contributed by atoms with Gasteiger partial charge < -0.3 is 21.8 Å². The topological polar surface area (TPSA) is 122 Å². The fourth-order valence-electron chi connectivity index (χ4n) is 2.63. The molecule has 1 atom stereocenters. The minimum absolute atomic E-state index is 0.0421. The van der Waals surface area contributed by atoms with Gasteiger partial charge in [0.05, 0.1) is 18.3 Å². The molecular weight excluding hydrogens is 318 g/mol. The summed E-state index contributed by atoms with van der Waals surface area (Å²) in [6.07, 6.45) is 4.75. The summed E-state index contributed by atoms with van der Waals surface area (Å²) in [7, 11) is 0. The number of nitrogens with two attached hydrogens (primary N) is 2. The Morgan fingerprint density at radius 3 is 2.84 bits per heavy atom. The largest absolute Gasteiger partial charge is 0.382 e. The Balaban J connectivity index is 1.69. The number of hydrogen-bond acceptors (Lipinski definition) is 7. The third-order valence-corrected chi connectivity index (χ3v) is 3.90. The van der Waals surface area contributed by atoms with E-state index >= 15 is 0 Å². The van der Waals surface area contributed by atoms with Crippen molar-refractivity contribution in [1.82, 2.24) is 25.7 Å². The fraction of sp³-hybridized carbons (Fsp3) is 0.235. The summed E-state index contributed by atoms with van der Waals surface area (Å²) in [6, 6.07) is 8.05. The van der Waals surface area contributed by atoms with Crippen molar-refractivity contribution in [1.29, 1.82) is 0 Å². The van der Waals surface area contributed by atoms with Crippen LogP contribution in [0.2, 0.25) is 0 Å². The number of aromatic nitrogens is 2. The molecule has 2 heterocycles. The first kappa shape index (κ1) is 16.9. The number of carbonyl (C=O) groups excluding carboxylic acids is 1. The van der Waals surface area contributed by atoms with Gasteiger partial charge in [0.1, 0.15) is 0 Å². The molecule has 1 aromatic carbocycles. The molecule has 130 valence electrons. The summed E-state index contributed by atoms with van der Waals surface area (Å²) >= 11 is 0. The summed E-state index contributed by atoms with van der Waals surface area (Å²) in [5, 5.41) is 4.77. The molecule has 0 saturated carbocycles. The van der Waals surface area contributed by atoms with Crippen molar-refractivity contribution in [2.45, 2.75) is 26.1 Å². The lowest BCUT2D eigenvalue weighted by Gasteiger charge is -2.18. The number of anilines is 1. The van der Waals surface area contributed by atoms with Crippen LogP contribution < -0.4 is 22.2 Å². The van der Waals surface area contributed by atoms with Gasteiger partial charge in [-0.2, -0.15) is 0 Å². The fourth-order valence-corrected chi connectivity index (χ4v) is 2.63. The molecule has 6 N–H and O–H groups in total. The van der Waals surface area contributed by atoms with Gasteiger partial charge in [0.15, 0.2) is 11.5 Å². The molecule has 0 spiro atoms. The van der Waals surface area contributed by atoms with Crippen LogP contribution in [0.5, 0.6) is 0 Å². The molecular formula is C17H21N7O. The monoisotopic (exact) mass is 339 g/mol. The van der Waals surface area contributed by atoms with E-state index in [4.69, 9.17) is 11.5 Å². The first-order valence-electron chi connectivity index (χ1n) is 7.97. The van der Waals surface area contributed by atoms with Gasteiger partial charge in [0.2, 0.25) is 0 Å². The second-order valence-electron chi connectivity index (χ2n) is 5.83. The number of benzene rings is 1. The number of hydrogen-bond donors (Lipinski definition) is 4. The van der Waals surface area contributed by atoms with Crippen LogP contribution in [0, 0.1) is 0 Å². The zero-order chi connectivity index (χ0) is 17.8. The summed E-state index contributed by atoms with van der Waals surface area (Å²) in [5.74, 6) is -0.271. The van der Waals surface area contributed by atoms with E-state index in [-0.39, 0.29) is 23.5 Å². The molecule has 1 aromatic heterocycles. The lowest BCUT2D eigenvalue weighted by molar-refractivity contribution is 0.0959. The van der Waals surface area contributed by atoms with Crippen molar-refractivity contribution >= 4 is 11.7 Å². The van der Waals surface area contributed by atoms with Gasteiger partial charge in [0, 0.05) is 25.1 Å². The zero-order valence-electron chi connectivity index (χ0n) is 13.9. The number of nitrogen functional groups attached to an aromatic ring is 1. The molecule has 1 aliphatic rings. The summed E-state index contributed by atoms with van der Waals surface area (Å²) in [5.41, 5.74) is 17.7. The third-order valence-electron chi connectivity index (χ3n) is 3.90. The van der Waals surface area contributed by atoms with Gasteiger partial charge in [-0.25, -0.2) is 15.4 Å². The van der Waals surface area contributed by atoms with Crippen LogP contribution in [-0.2, 0) is 13.1 Å². The highest BCUT2D eigenvalue weighted by Crippen LogP contribution is 2.15. The van der Waals surface area contributed by atoms with E-state index in [1.54, 1.807) is 0 Å². The predicted octanol–water partition coefficient (Wildman–Crippen LogP) is 0.498. The van der Waals surface area contributed by atoms with Gasteiger partial charge in [-0.3, -0.25) is 4.79 Å². The second-order valence-corrected chi connectivity index (χ2v) is 5.83. The minimum Gasteiger partial charge on any atom is -0.382 e. The highest BCUT2D eigenvalue weighted by atomic mass is 16.2. The molecule has 1 amide bonds. The van der Waals surface area contributed by atoms with E-state index in [1.807, 2.05) is 36.3 Å². The Labute approximate surface area is 145 Å². The van der Waals surface area contributed by atoms with Crippen LogP contribution in [0.25, 0.3) is 0 Å². The summed E-state index contributed by atoms with van der Waals surface area (Å²) in [4.78, 5) is 20.2. The minimum atomic E-state index is -0.377. The molecule has 2 aromatic rings. The highest BCUT2D eigenvalue weighted by molar-refractivity contribution is 5.97. The lowest BCUT2D eigenvalue weighted by atomic mass is 10.1. The average molecular weight is 339 g/mol. The first-order valence-corrected chi connectivity index (χ1v) is 7.97. The smallest absolute Gasteiger partial charge is 0.277 e. The number of nitrogens with zero attached hydrogens (tertiary/aromatic N) is 3. The molecule has 0 radical (unpaired) electrons. The predicted molar refractivity (Wildman–Crippen MR) is 94.5 cm³/mol. The molecule has 25 heavy (non-hydrogen) atoms. The van der Waals surface area contributed by atoms with Gasteiger partial charge in [-0.05, 0) is 18.1 Å². The summed E-state index contributed by atoms with van der Waals surface area (Å²) < 4.78 is 0. The number of carbonyl (C=O) groups is 1. The van der Waals surface area contributed by atoms with E-state index < -0.39 is 0 Å². The third kappa shape index (κ3) is 3.93. The van der Waals surface area contributed by atoms with Crippen LogP contribution in [-0.4, -0.2) is 26.9 Å². The Morgan fingerprint density at radius 1 is 1.32 bits per heavy atom. The van der Waals surface area contributed by atoms with E-state index in [0.29, 0.717) is 13.1 Å². The van der Waals surface area contributed by atoms with Gasteiger partial charge in [-0.1, -0.05) is 24.3 Å². The van der Waals surface area contributed by atoms with Crippen molar-refractivity contribution in [3.05, 3.63) is 65.4 Å². The molecule has 8 nitrogen and oxygen atoms in total. The van der Waals surface area contributed by atoms with E-state index in [1.165, 1.54) is 12.4 Å². The van der Waals surface area contributed by atoms with E-state index in [0.717, 1.165) is 16.8 Å². The maximum Gasteiger partial charge on any atom is 0.277 e. The van der Waals surface area contributed by atoms with Crippen molar-refractivity contribution in [3.8, 4) is 0 Å². The molecule has 0 bridgehead atoms. The highest BCUT2D eigenvalue weighted by Gasteiger charge is 2.23. The number of amides is 1. The van der Waals surface area contributed by atoms with Crippen LogP contribution in [0.4, 0.5) is 5.82 Å². The van der Waals surface area contributed by atoms with Crippen molar-refractivity contribution in [2.24, 2.45) is 5.73 Å². The van der Waals surface area contributed by atoms with Crippen LogP contribution in [0.3, 0.4) is 0 Å². The quantitative estimate of drug-likeness (QED) is 0.625. The molecule has 0 fully saturated rings. The second kappa shape index (κ2) is 7.29. The first-order chi connectivity index (χ1) is 12.1. The Kier molecular flexibility index (Phi) is 4.92. The summed E-state index contributed by atoms with van der Waals surface area (Å²) in [6.45, 7) is 3.13. The zero-order valence-corrected chi connectivity index (χ0v) is 13.9. The van der Waals surface area contributed by atoms with Gasteiger partial charge in [0.25, 0.3) is 5.91 Å². The van der Waals surface area contributed by atoms with Crippen molar-refractivity contribution < 1.29 is 4.79 Å². The van der Waals surface area contributed by atoms with E-state index in [9.17, 15) is 4.79 Å². The molecule has 1 unspecified atom stereocenters. The van der Waals surface area contributed by atoms with E-state index in [2.05, 4.69) is 26.8 Å². The molecule has 1 aliphatic heterocycles. The van der Waals surface area contributed by atoms with Crippen molar-refractivity contribution in [3.63, 3.8) is 0 Å². The Hall–Kier alpha value is -2.97. The SMILES string of the molecule is CC1NN(Cc2cccc(CN)c2)C=C1NC(=O)c1nccnc1N. The molecule has 0 saturated heterocycles. The Bertz CT molecular complexity index is 805. The lowest BCUT2D eigenvalue weighted by Crippen LogP contribution is -2.37. The van der Waals surface area contributed by atoms with Crippen molar-refractivity contribution in [2.75, 3.05) is 5.73 Å². The van der Waals surface area contributed by atoms with Crippen LogP contribution in [0.1, 0.15) is 28.5 Å². The standard InChI is InChI=1S/C17H21N7O/c1-11-14(22-17(25)15-16(19)21-6-5-20-15)10-24(23-11)9-13-4-2-3-12(7-13)8-18/h2-7,10-11,23H,8-9,18H2,1H3,(H2,19,21)(H,22,25). The average Bonchev–Trinajstić information content (AvgIpc) is 2.94. The maximum absolute atomic E-state index is 12.3. The van der Waals surface area contributed by atoms with Crippen LogP contribution >= 0.6 is 0 Å². The Morgan fingerprint density at radius 2 is 2.08 bits per heavy atom. The van der Waals surface area contributed by atoms with Crippen LogP contribution in [0.15, 0.2) is 48.6 Å². The number of hydrazine groups is 1. The number of rotatable bonds is 5. The molecule has 0 aliphatic carbocycles. The molecule has 3 rings (SSSR count).